The van der Waals surface area contributed by atoms with Gasteiger partial charge in [0.2, 0.25) is 0 Å². The Morgan fingerprint density at radius 3 is 2.33 bits per heavy atom. The summed E-state index contributed by atoms with van der Waals surface area (Å²) in [6.45, 7) is 10.5. The van der Waals surface area contributed by atoms with E-state index in [0.29, 0.717) is 6.04 Å². The molecule has 0 fully saturated rings. The van der Waals surface area contributed by atoms with Crippen molar-refractivity contribution in [2.45, 2.75) is 38.6 Å². The maximum absolute atomic E-state index is 5.85. The molecule has 0 spiro atoms. The maximum Gasteiger partial charge on any atom is 0.119 e. The van der Waals surface area contributed by atoms with Gasteiger partial charge in [0.05, 0.1) is 6.61 Å². The van der Waals surface area contributed by atoms with Crippen molar-refractivity contribution in [2.75, 3.05) is 19.4 Å². The smallest absolute Gasteiger partial charge is 0.119 e. The van der Waals surface area contributed by atoms with Crippen LogP contribution in [0.3, 0.4) is 0 Å². The number of hydrogen-bond acceptors (Lipinski definition) is 3. The summed E-state index contributed by atoms with van der Waals surface area (Å²) in [6, 6.07) is 8.79. The number of nitrogens with one attached hydrogen (secondary N) is 1. The first-order valence-corrected chi connectivity index (χ1v) is 7.66. The summed E-state index contributed by atoms with van der Waals surface area (Å²) in [5.41, 5.74) is 0.141. The van der Waals surface area contributed by atoms with Crippen molar-refractivity contribution in [3.05, 3.63) is 24.3 Å². The van der Waals surface area contributed by atoms with Gasteiger partial charge in [0, 0.05) is 22.9 Å². The van der Waals surface area contributed by atoms with Gasteiger partial charge in [-0.15, -0.1) is 11.8 Å². The lowest BCUT2D eigenvalue weighted by molar-refractivity contribution is 0.173. The van der Waals surface area contributed by atoms with E-state index in [4.69, 9.17) is 4.74 Å². The van der Waals surface area contributed by atoms with Crippen molar-refractivity contribution in [1.82, 2.24) is 5.32 Å². The third kappa shape index (κ3) is 5.78. The monoisotopic (exact) mass is 267 g/mol. The Balaban J connectivity index is 2.42. The minimum absolute atomic E-state index is 0.141. The lowest BCUT2D eigenvalue weighted by atomic mass is 9.94. The molecule has 2 nitrogen and oxygen atoms in total. The van der Waals surface area contributed by atoms with Crippen molar-refractivity contribution >= 4 is 11.8 Å². The van der Waals surface area contributed by atoms with Crippen LogP contribution in [0.5, 0.6) is 5.75 Å². The predicted molar refractivity (Wildman–Crippen MR) is 80.6 cm³/mol. The zero-order valence-corrected chi connectivity index (χ0v) is 12.9. The fourth-order valence-electron chi connectivity index (χ4n) is 1.48. The van der Waals surface area contributed by atoms with Gasteiger partial charge in [-0.1, -0.05) is 27.7 Å². The molecule has 0 aliphatic carbocycles. The Morgan fingerprint density at radius 1 is 1.22 bits per heavy atom. The van der Waals surface area contributed by atoms with E-state index >= 15 is 0 Å². The molecule has 0 bridgehead atoms. The summed E-state index contributed by atoms with van der Waals surface area (Å²) >= 11 is 1.75. The molecule has 1 aromatic carbocycles. The second kappa shape index (κ2) is 7.05. The maximum atomic E-state index is 5.85. The molecule has 0 heterocycles. The van der Waals surface area contributed by atoms with Gasteiger partial charge in [-0.3, -0.25) is 0 Å². The summed E-state index contributed by atoms with van der Waals surface area (Å²) in [6.07, 6.45) is 2.08. The van der Waals surface area contributed by atoms with E-state index in [1.54, 1.807) is 11.8 Å². The largest absolute Gasteiger partial charge is 0.493 e. The van der Waals surface area contributed by atoms with E-state index < -0.39 is 0 Å². The van der Waals surface area contributed by atoms with Crippen LogP contribution in [-0.2, 0) is 0 Å². The Morgan fingerprint density at radius 2 is 1.83 bits per heavy atom. The van der Waals surface area contributed by atoms with Gasteiger partial charge in [-0.2, -0.15) is 0 Å². The number of hydrogen-bond donors (Lipinski definition) is 1. The Bertz CT molecular complexity index is 346. The molecular formula is C15H25NOS. The first kappa shape index (κ1) is 15.4. The van der Waals surface area contributed by atoms with Crippen LogP contribution in [0, 0.1) is 5.41 Å². The Kier molecular flexibility index (Phi) is 6.03. The van der Waals surface area contributed by atoms with Crippen LogP contribution in [0.4, 0.5) is 0 Å². The molecule has 1 N–H and O–H groups in total. The highest BCUT2D eigenvalue weighted by molar-refractivity contribution is 7.98. The van der Waals surface area contributed by atoms with Crippen molar-refractivity contribution < 1.29 is 4.74 Å². The molecule has 1 aromatic rings. The molecule has 0 saturated carbocycles. The van der Waals surface area contributed by atoms with Crippen molar-refractivity contribution in [2.24, 2.45) is 5.41 Å². The lowest BCUT2D eigenvalue weighted by Gasteiger charge is -2.26. The van der Waals surface area contributed by atoms with Crippen LogP contribution in [0.25, 0.3) is 0 Å². The molecule has 102 valence electrons. The van der Waals surface area contributed by atoms with E-state index in [1.165, 1.54) is 4.90 Å². The summed E-state index contributed by atoms with van der Waals surface area (Å²) in [7, 11) is 0. The second-order valence-corrected chi connectivity index (χ2v) is 6.54. The summed E-state index contributed by atoms with van der Waals surface area (Å²) in [5, 5.41) is 3.46. The number of ether oxygens (including phenoxy) is 1. The average Bonchev–Trinajstić information content (AvgIpc) is 2.35. The SMILES string of the molecule is CSc1ccc(OCC(C)(C)CNC(C)C)cc1. The molecule has 0 aliphatic rings. The van der Waals surface area contributed by atoms with Crippen LogP contribution in [0.2, 0.25) is 0 Å². The quantitative estimate of drug-likeness (QED) is 0.759. The van der Waals surface area contributed by atoms with Gasteiger partial charge in [0.1, 0.15) is 5.75 Å². The van der Waals surface area contributed by atoms with Gasteiger partial charge in [0.15, 0.2) is 0 Å². The van der Waals surface area contributed by atoms with Gasteiger partial charge < -0.3 is 10.1 Å². The van der Waals surface area contributed by atoms with Crippen molar-refractivity contribution in [3.63, 3.8) is 0 Å². The topological polar surface area (TPSA) is 21.3 Å². The standard InChI is InChI=1S/C15H25NOS/c1-12(2)16-10-15(3,4)11-17-13-6-8-14(18-5)9-7-13/h6-9,12,16H,10-11H2,1-5H3. The van der Waals surface area contributed by atoms with E-state index in [2.05, 4.69) is 51.4 Å². The highest BCUT2D eigenvalue weighted by Gasteiger charge is 2.19. The molecule has 0 amide bonds. The van der Waals surface area contributed by atoms with Crippen LogP contribution in [0.1, 0.15) is 27.7 Å². The molecule has 0 radical (unpaired) electrons. The summed E-state index contributed by atoms with van der Waals surface area (Å²) in [5.74, 6) is 0.949. The zero-order valence-electron chi connectivity index (χ0n) is 12.1. The molecule has 0 aromatic heterocycles. The minimum atomic E-state index is 0.141. The highest BCUT2D eigenvalue weighted by atomic mass is 32.2. The van der Waals surface area contributed by atoms with Gasteiger partial charge in [0.25, 0.3) is 0 Å². The van der Waals surface area contributed by atoms with Crippen molar-refractivity contribution in [3.8, 4) is 5.75 Å². The number of thioether (sulfide) groups is 1. The molecule has 3 heteroatoms. The molecule has 0 unspecified atom stereocenters. The van der Waals surface area contributed by atoms with E-state index in [0.717, 1.165) is 18.9 Å². The Hall–Kier alpha value is -0.670. The molecule has 18 heavy (non-hydrogen) atoms. The second-order valence-electron chi connectivity index (χ2n) is 5.66. The predicted octanol–water partition coefficient (Wildman–Crippen LogP) is 3.81. The third-order valence-corrected chi connectivity index (χ3v) is 3.42. The minimum Gasteiger partial charge on any atom is -0.493 e. The van der Waals surface area contributed by atoms with Crippen LogP contribution >= 0.6 is 11.8 Å². The van der Waals surface area contributed by atoms with Crippen molar-refractivity contribution in [1.29, 1.82) is 0 Å². The first-order chi connectivity index (χ1) is 8.43. The van der Waals surface area contributed by atoms with Gasteiger partial charge >= 0.3 is 0 Å². The number of benzene rings is 1. The highest BCUT2D eigenvalue weighted by Crippen LogP contribution is 2.21. The van der Waals surface area contributed by atoms with Gasteiger partial charge in [-0.25, -0.2) is 0 Å². The summed E-state index contributed by atoms with van der Waals surface area (Å²) < 4.78 is 5.85. The fourth-order valence-corrected chi connectivity index (χ4v) is 1.89. The fraction of sp³-hybridized carbons (Fsp3) is 0.600. The molecule has 1 rings (SSSR count). The first-order valence-electron chi connectivity index (χ1n) is 6.43. The number of rotatable bonds is 7. The molecule has 0 saturated heterocycles. The molecular weight excluding hydrogens is 242 g/mol. The lowest BCUT2D eigenvalue weighted by Crippen LogP contribution is -2.37. The van der Waals surface area contributed by atoms with E-state index in [-0.39, 0.29) is 5.41 Å². The molecule has 0 aliphatic heterocycles. The van der Waals surface area contributed by atoms with Gasteiger partial charge in [-0.05, 0) is 30.5 Å². The normalized spacial score (nSPS) is 11.9. The van der Waals surface area contributed by atoms with Crippen LogP contribution in [0.15, 0.2) is 29.2 Å². The van der Waals surface area contributed by atoms with E-state index in [9.17, 15) is 0 Å². The summed E-state index contributed by atoms with van der Waals surface area (Å²) in [4.78, 5) is 1.27. The average molecular weight is 267 g/mol. The van der Waals surface area contributed by atoms with E-state index in [1.807, 2.05) is 12.1 Å². The zero-order chi connectivity index (χ0) is 13.6. The van der Waals surface area contributed by atoms with Crippen LogP contribution in [-0.4, -0.2) is 25.4 Å². The Labute approximate surface area is 116 Å². The van der Waals surface area contributed by atoms with Crippen LogP contribution < -0.4 is 10.1 Å². The molecule has 0 atom stereocenters. The third-order valence-electron chi connectivity index (χ3n) is 2.68.